The van der Waals surface area contributed by atoms with Gasteiger partial charge in [0.2, 0.25) is 5.91 Å². The topological polar surface area (TPSA) is 102 Å². The predicted octanol–water partition coefficient (Wildman–Crippen LogP) is 1.47. The normalized spacial score (nSPS) is 10.3. The van der Waals surface area contributed by atoms with E-state index in [2.05, 4.69) is 15.7 Å². The number of aryl methyl sites for hydroxylation is 2. The molecule has 2 aromatic rings. The van der Waals surface area contributed by atoms with Gasteiger partial charge >= 0.3 is 5.97 Å². The van der Waals surface area contributed by atoms with Crippen molar-refractivity contribution >= 4 is 23.5 Å². The Hall–Kier alpha value is -3.16. The average molecular weight is 358 g/mol. The second kappa shape index (κ2) is 8.28. The van der Waals surface area contributed by atoms with Gasteiger partial charge in [-0.25, -0.2) is 4.79 Å². The van der Waals surface area contributed by atoms with E-state index in [1.165, 1.54) is 6.92 Å². The number of nitrogens with zero attached hydrogens (tertiary/aromatic N) is 2. The van der Waals surface area contributed by atoms with Crippen molar-refractivity contribution in [3.05, 3.63) is 46.8 Å². The van der Waals surface area contributed by atoms with Crippen LogP contribution in [0.2, 0.25) is 0 Å². The average Bonchev–Trinajstić information content (AvgIpc) is 2.84. The molecule has 138 valence electrons. The molecule has 26 heavy (non-hydrogen) atoms. The second-order valence-corrected chi connectivity index (χ2v) is 5.90. The van der Waals surface area contributed by atoms with Gasteiger partial charge in [0.15, 0.2) is 6.61 Å². The Kier molecular flexibility index (Phi) is 6.11. The molecule has 0 unspecified atom stereocenters. The van der Waals surface area contributed by atoms with Crippen molar-refractivity contribution < 1.29 is 19.1 Å². The quantitative estimate of drug-likeness (QED) is 0.761. The summed E-state index contributed by atoms with van der Waals surface area (Å²) in [5.74, 6) is -1.15. The van der Waals surface area contributed by atoms with Gasteiger partial charge < -0.3 is 15.4 Å². The van der Waals surface area contributed by atoms with Crippen molar-refractivity contribution in [2.45, 2.75) is 27.3 Å². The maximum Gasteiger partial charge on any atom is 0.338 e. The maximum absolute atomic E-state index is 12.0. The van der Waals surface area contributed by atoms with Gasteiger partial charge in [-0.2, -0.15) is 5.10 Å². The molecule has 0 saturated carbocycles. The van der Waals surface area contributed by atoms with E-state index in [1.807, 2.05) is 6.92 Å². The van der Waals surface area contributed by atoms with Crippen LogP contribution in [-0.2, 0) is 27.9 Å². The zero-order valence-corrected chi connectivity index (χ0v) is 15.3. The van der Waals surface area contributed by atoms with Crippen molar-refractivity contribution in [2.75, 3.05) is 11.9 Å². The third-order valence-electron chi connectivity index (χ3n) is 3.84. The number of hydrogen-bond donors (Lipinski definition) is 2. The van der Waals surface area contributed by atoms with Gasteiger partial charge in [-0.3, -0.25) is 14.3 Å². The zero-order valence-electron chi connectivity index (χ0n) is 15.3. The number of rotatable bonds is 6. The van der Waals surface area contributed by atoms with Crippen LogP contribution in [0.25, 0.3) is 0 Å². The molecule has 1 aromatic carbocycles. The Morgan fingerprint density at radius 3 is 2.35 bits per heavy atom. The molecule has 0 saturated heterocycles. The molecule has 1 heterocycles. The smallest absolute Gasteiger partial charge is 0.338 e. The summed E-state index contributed by atoms with van der Waals surface area (Å²) in [5, 5.41) is 9.58. The summed E-state index contributed by atoms with van der Waals surface area (Å²) in [4.78, 5) is 34.9. The molecule has 0 atom stereocenters. The molecule has 2 rings (SSSR count). The van der Waals surface area contributed by atoms with Crippen molar-refractivity contribution in [1.29, 1.82) is 0 Å². The molecular weight excluding hydrogens is 336 g/mol. The summed E-state index contributed by atoms with van der Waals surface area (Å²) in [6, 6.07) is 6.61. The van der Waals surface area contributed by atoms with Crippen LogP contribution in [0.3, 0.4) is 0 Å². The number of amides is 2. The Morgan fingerprint density at radius 2 is 1.81 bits per heavy atom. The van der Waals surface area contributed by atoms with Gasteiger partial charge in [0.05, 0.1) is 22.6 Å². The maximum atomic E-state index is 12.0. The fourth-order valence-electron chi connectivity index (χ4n) is 2.33. The molecular formula is C18H22N4O4. The Bertz CT molecular complexity index is 824. The lowest BCUT2D eigenvalue weighted by Gasteiger charge is -2.08. The van der Waals surface area contributed by atoms with Crippen LogP contribution >= 0.6 is 0 Å². The number of esters is 1. The fourth-order valence-corrected chi connectivity index (χ4v) is 2.33. The van der Waals surface area contributed by atoms with E-state index in [9.17, 15) is 14.4 Å². The van der Waals surface area contributed by atoms with E-state index in [1.54, 1.807) is 42.9 Å². The standard InChI is InChI=1S/C18H22N4O4/c1-11-17(12(2)22(4)21-11)20-16(24)10-26-18(25)15-7-5-14(6-8-15)9-19-13(3)23/h5-8H,9-10H2,1-4H3,(H,19,23)(H,20,24). The SMILES string of the molecule is CC(=O)NCc1ccc(C(=O)OCC(=O)Nc2c(C)nn(C)c2C)cc1. The highest BCUT2D eigenvalue weighted by atomic mass is 16.5. The summed E-state index contributed by atoms with van der Waals surface area (Å²) in [6.45, 7) is 5.06. The summed E-state index contributed by atoms with van der Waals surface area (Å²) in [5.41, 5.74) is 3.32. The van der Waals surface area contributed by atoms with Crippen molar-refractivity contribution in [3.8, 4) is 0 Å². The Balaban J connectivity index is 1.87. The highest BCUT2D eigenvalue weighted by molar-refractivity contribution is 5.96. The summed E-state index contributed by atoms with van der Waals surface area (Å²) < 4.78 is 6.70. The lowest BCUT2D eigenvalue weighted by molar-refractivity contribution is -0.119. The first-order valence-corrected chi connectivity index (χ1v) is 8.08. The number of ether oxygens (including phenoxy) is 1. The van der Waals surface area contributed by atoms with Gasteiger partial charge in [-0.05, 0) is 31.5 Å². The number of carbonyl (C=O) groups excluding carboxylic acids is 3. The monoisotopic (exact) mass is 358 g/mol. The molecule has 0 aliphatic heterocycles. The molecule has 2 amide bonds. The molecule has 8 heteroatoms. The van der Waals surface area contributed by atoms with Gasteiger partial charge in [0.1, 0.15) is 0 Å². The number of carbonyl (C=O) groups is 3. The van der Waals surface area contributed by atoms with Crippen LogP contribution in [-0.4, -0.2) is 34.2 Å². The zero-order chi connectivity index (χ0) is 19.3. The minimum Gasteiger partial charge on any atom is -0.452 e. The van der Waals surface area contributed by atoms with Gasteiger partial charge in [-0.15, -0.1) is 0 Å². The molecule has 0 radical (unpaired) electrons. The third kappa shape index (κ3) is 4.92. The largest absolute Gasteiger partial charge is 0.452 e. The highest BCUT2D eigenvalue weighted by Crippen LogP contribution is 2.18. The number of aromatic nitrogens is 2. The van der Waals surface area contributed by atoms with E-state index in [4.69, 9.17) is 4.74 Å². The summed E-state index contributed by atoms with van der Waals surface area (Å²) >= 11 is 0. The third-order valence-corrected chi connectivity index (χ3v) is 3.84. The number of nitrogens with one attached hydrogen (secondary N) is 2. The predicted molar refractivity (Wildman–Crippen MR) is 95.6 cm³/mol. The summed E-state index contributed by atoms with van der Waals surface area (Å²) in [7, 11) is 1.79. The first-order valence-electron chi connectivity index (χ1n) is 8.08. The highest BCUT2D eigenvalue weighted by Gasteiger charge is 2.14. The van der Waals surface area contributed by atoms with Crippen molar-refractivity contribution in [3.63, 3.8) is 0 Å². The first-order chi connectivity index (χ1) is 12.3. The molecule has 8 nitrogen and oxygen atoms in total. The van der Waals surface area contributed by atoms with Crippen LogP contribution in [0, 0.1) is 13.8 Å². The van der Waals surface area contributed by atoms with Crippen LogP contribution in [0.15, 0.2) is 24.3 Å². The van der Waals surface area contributed by atoms with Crippen LogP contribution < -0.4 is 10.6 Å². The molecule has 0 fully saturated rings. The lowest BCUT2D eigenvalue weighted by Crippen LogP contribution is -2.21. The molecule has 1 aromatic heterocycles. The van der Waals surface area contributed by atoms with Gasteiger partial charge in [0, 0.05) is 20.5 Å². The van der Waals surface area contributed by atoms with E-state index < -0.39 is 11.9 Å². The second-order valence-electron chi connectivity index (χ2n) is 5.90. The van der Waals surface area contributed by atoms with E-state index in [-0.39, 0.29) is 12.5 Å². The van der Waals surface area contributed by atoms with Gasteiger partial charge in [-0.1, -0.05) is 12.1 Å². The number of benzene rings is 1. The molecule has 2 N–H and O–H groups in total. The molecule has 0 bridgehead atoms. The van der Waals surface area contributed by atoms with E-state index >= 15 is 0 Å². The molecule has 0 aliphatic rings. The number of anilines is 1. The minimum atomic E-state index is -0.592. The molecule has 0 spiro atoms. The first kappa shape index (κ1) is 19.2. The Morgan fingerprint density at radius 1 is 1.15 bits per heavy atom. The molecule has 0 aliphatic carbocycles. The van der Waals surface area contributed by atoms with E-state index in [0.717, 1.165) is 11.3 Å². The van der Waals surface area contributed by atoms with Crippen molar-refractivity contribution in [1.82, 2.24) is 15.1 Å². The van der Waals surface area contributed by atoms with Crippen LogP contribution in [0.1, 0.15) is 34.2 Å². The summed E-state index contributed by atoms with van der Waals surface area (Å²) in [6.07, 6.45) is 0. The Labute approximate surface area is 151 Å². The van der Waals surface area contributed by atoms with Crippen LogP contribution in [0.4, 0.5) is 5.69 Å². The number of hydrogen-bond acceptors (Lipinski definition) is 5. The van der Waals surface area contributed by atoms with E-state index in [0.29, 0.717) is 23.5 Å². The van der Waals surface area contributed by atoms with Crippen LogP contribution in [0.5, 0.6) is 0 Å². The lowest BCUT2D eigenvalue weighted by atomic mass is 10.1. The van der Waals surface area contributed by atoms with Crippen molar-refractivity contribution in [2.24, 2.45) is 7.05 Å². The minimum absolute atomic E-state index is 0.126. The fraction of sp³-hybridized carbons (Fsp3) is 0.333. The van der Waals surface area contributed by atoms with Gasteiger partial charge in [0.25, 0.3) is 5.91 Å².